The molecule has 0 saturated carbocycles. The van der Waals surface area contributed by atoms with Gasteiger partial charge in [0, 0.05) is 20.0 Å². The van der Waals surface area contributed by atoms with E-state index in [9.17, 15) is 9.59 Å². The number of aliphatic carboxylic acids is 2. The summed E-state index contributed by atoms with van der Waals surface area (Å²) in [7, 11) is 1.55. The number of carbonyl (C=O) groups is 2. The van der Waals surface area contributed by atoms with Gasteiger partial charge in [-0.25, -0.2) is 0 Å². The molecule has 0 spiro atoms. The highest BCUT2D eigenvalue weighted by atomic mass is 16.5. The number of ether oxygens (including phenoxy) is 1. The number of aliphatic hydroxyl groups is 1. The van der Waals surface area contributed by atoms with Crippen LogP contribution in [0.4, 0.5) is 0 Å². The molecule has 0 amide bonds. The maximum Gasteiger partial charge on any atom is 0.303 e. The lowest BCUT2D eigenvalue weighted by Crippen LogP contribution is -1.94. The molecule has 0 aliphatic carbocycles. The normalized spacial score (nSPS) is 9.58. The molecule has 0 bridgehead atoms. The number of hydrogen-bond acceptors (Lipinski definition) is 4. The summed E-state index contributed by atoms with van der Waals surface area (Å²) in [5.74, 6) is -1.48. The van der Waals surface area contributed by atoms with Crippen molar-refractivity contribution in [2.75, 3.05) is 20.3 Å². The fraction of sp³-hybridized carbons (Fsp3) is 0.846. The Kier molecular flexibility index (Phi) is 17.9. The van der Waals surface area contributed by atoms with Gasteiger partial charge in [-0.15, -0.1) is 0 Å². The number of rotatable bonds is 11. The van der Waals surface area contributed by atoms with Crippen molar-refractivity contribution in [2.24, 2.45) is 0 Å². The van der Waals surface area contributed by atoms with Crippen molar-refractivity contribution < 1.29 is 29.6 Å². The van der Waals surface area contributed by atoms with E-state index in [0.717, 1.165) is 38.5 Å². The van der Waals surface area contributed by atoms with Crippen LogP contribution < -0.4 is 0 Å². The Balaban J connectivity index is 0. The van der Waals surface area contributed by atoms with Crippen molar-refractivity contribution in [1.29, 1.82) is 0 Å². The molecule has 0 aliphatic heterocycles. The number of methoxy groups -OCH3 is 1. The third-order valence-corrected chi connectivity index (χ3v) is 2.33. The van der Waals surface area contributed by atoms with Crippen LogP contribution in [-0.4, -0.2) is 47.6 Å². The van der Waals surface area contributed by atoms with E-state index in [2.05, 4.69) is 4.74 Å². The van der Waals surface area contributed by atoms with Crippen molar-refractivity contribution in [3.8, 4) is 0 Å². The lowest BCUT2D eigenvalue weighted by molar-refractivity contribution is -0.138. The summed E-state index contributed by atoms with van der Waals surface area (Å²) in [5, 5.41) is 24.6. The van der Waals surface area contributed by atoms with Gasteiger partial charge < -0.3 is 20.1 Å². The summed E-state index contributed by atoms with van der Waals surface area (Å²) in [6.45, 7) is 0.566. The first kappa shape index (κ1) is 20.2. The van der Waals surface area contributed by atoms with Gasteiger partial charge in [0.1, 0.15) is 0 Å². The Morgan fingerprint density at radius 1 is 0.842 bits per heavy atom. The standard InChI is InChI=1S/C10H18O4.C3H8O2/c11-9(12)7-5-3-1-2-4-6-8-10(13)14;1-5-3-2-4/h1-8H2,(H,11,12)(H,13,14);4H,2-3H2,1H3. The van der Waals surface area contributed by atoms with Crippen molar-refractivity contribution >= 4 is 11.9 Å². The number of carboxylic acid groups (broad SMARTS) is 2. The third kappa shape index (κ3) is 26.5. The van der Waals surface area contributed by atoms with Crippen LogP contribution in [0.2, 0.25) is 0 Å². The maximum absolute atomic E-state index is 10.1. The molecule has 0 saturated heterocycles. The molecule has 3 N–H and O–H groups in total. The van der Waals surface area contributed by atoms with Crippen molar-refractivity contribution in [2.45, 2.75) is 51.4 Å². The van der Waals surface area contributed by atoms with Crippen LogP contribution in [0.15, 0.2) is 0 Å². The Hall–Kier alpha value is -1.14. The van der Waals surface area contributed by atoms with E-state index in [0.29, 0.717) is 6.61 Å². The van der Waals surface area contributed by atoms with Gasteiger partial charge in [0.05, 0.1) is 13.2 Å². The van der Waals surface area contributed by atoms with Gasteiger partial charge >= 0.3 is 11.9 Å². The van der Waals surface area contributed by atoms with Gasteiger partial charge in [0.2, 0.25) is 0 Å². The van der Waals surface area contributed by atoms with E-state index < -0.39 is 11.9 Å². The molecule has 0 aromatic rings. The average molecular weight is 278 g/mol. The first-order chi connectivity index (χ1) is 9.04. The Morgan fingerprint density at radius 2 is 1.21 bits per heavy atom. The van der Waals surface area contributed by atoms with Gasteiger partial charge in [-0.05, 0) is 12.8 Å². The second-order valence-corrected chi connectivity index (χ2v) is 4.13. The lowest BCUT2D eigenvalue weighted by Gasteiger charge is -1.98. The van der Waals surface area contributed by atoms with E-state index in [4.69, 9.17) is 15.3 Å². The van der Waals surface area contributed by atoms with Crippen LogP contribution in [0.1, 0.15) is 51.4 Å². The van der Waals surface area contributed by atoms with Crippen LogP contribution >= 0.6 is 0 Å². The molecule has 0 aromatic heterocycles. The molecule has 6 heteroatoms. The molecule has 0 heterocycles. The second-order valence-electron chi connectivity index (χ2n) is 4.13. The molecule has 0 radical (unpaired) electrons. The SMILES string of the molecule is COCCO.O=C(O)CCCCCCCCC(=O)O. The smallest absolute Gasteiger partial charge is 0.303 e. The summed E-state index contributed by atoms with van der Waals surface area (Å²) in [6, 6.07) is 0. The van der Waals surface area contributed by atoms with E-state index in [-0.39, 0.29) is 19.4 Å². The number of unbranched alkanes of at least 4 members (excludes halogenated alkanes) is 5. The van der Waals surface area contributed by atoms with Crippen LogP contribution in [0.25, 0.3) is 0 Å². The maximum atomic E-state index is 10.1. The van der Waals surface area contributed by atoms with E-state index in [1.165, 1.54) is 0 Å². The van der Waals surface area contributed by atoms with E-state index in [1.807, 2.05) is 0 Å². The molecule has 6 nitrogen and oxygen atoms in total. The highest BCUT2D eigenvalue weighted by Gasteiger charge is 1.98. The summed E-state index contributed by atoms with van der Waals surface area (Å²) < 4.78 is 4.44. The Morgan fingerprint density at radius 3 is 1.42 bits per heavy atom. The van der Waals surface area contributed by atoms with Crippen LogP contribution in [0.5, 0.6) is 0 Å². The minimum atomic E-state index is -0.740. The quantitative estimate of drug-likeness (QED) is 0.499. The molecule has 114 valence electrons. The van der Waals surface area contributed by atoms with Gasteiger partial charge in [0.25, 0.3) is 0 Å². The van der Waals surface area contributed by atoms with E-state index in [1.54, 1.807) is 7.11 Å². The van der Waals surface area contributed by atoms with Crippen molar-refractivity contribution in [1.82, 2.24) is 0 Å². The van der Waals surface area contributed by atoms with Crippen molar-refractivity contribution in [3.05, 3.63) is 0 Å². The fourth-order valence-corrected chi connectivity index (χ4v) is 1.35. The molecule has 0 aromatic carbocycles. The molecular formula is C13H26O6. The summed E-state index contributed by atoms with van der Waals surface area (Å²) >= 11 is 0. The molecule has 0 fully saturated rings. The molecule has 0 unspecified atom stereocenters. The lowest BCUT2D eigenvalue weighted by atomic mass is 10.1. The van der Waals surface area contributed by atoms with Crippen molar-refractivity contribution in [3.63, 3.8) is 0 Å². The second kappa shape index (κ2) is 16.9. The summed E-state index contributed by atoms with van der Waals surface area (Å²) in [4.78, 5) is 20.3. The predicted octanol–water partition coefficient (Wildman–Crippen LogP) is 1.90. The van der Waals surface area contributed by atoms with Crippen LogP contribution in [-0.2, 0) is 14.3 Å². The van der Waals surface area contributed by atoms with Gasteiger partial charge in [0.15, 0.2) is 0 Å². The number of hydrogen-bond donors (Lipinski definition) is 3. The molecular weight excluding hydrogens is 252 g/mol. The predicted molar refractivity (Wildman–Crippen MR) is 71.2 cm³/mol. The molecule has 0 rings (SSSR count). The van der Waals surface area contributed by atoms with Gasteiger partial charge in [-0.3, -0.25) is 9.59 Å². The van der Waals surface area contributed by atoms with Gasteiger partial charge in [-0.2, -0.15) is 0 Å². The zero-order valence-electron chi connectivity index (χ0n) is 11.6. The molecule has 19 heavy (non-hydrogen) atoms. The summed E-state index contributed by atoms with van der Waals surface area (Å²) in [6.07, 6.45) is 5.82. The zero-order chi connectivity index (χ0) is 14.9. The van der Waals surface area contributed by atoms with E-state index >= 15 is 0 Å². The zero-order valence-corrected chi connectivity index (χ0v) is 11.6. The third-order valence-electron chi connectivity index (χ3n) is 2.33. The number of aliphatic hydroxyl groups excluding tert-OH is 1. The van der Waals surface area contributed by atoms with Gasteiger partial charge in [-0.1, -0.05) is 25.7 Å². The largest absolute Gasteiger partial charge is 0.481 e. The topological polar surface area (TPSA) is 104 Å². The van der Waals surface area contributed by atoms with Crippen LogP contribution in [0, 0.1) is 0 Å². The minimum Gasteiger partial charge on any atom is -0.481 e. The Labute approximate surface area is 114 Å². The average Bonchev–Trinajstić information content (AvgIpc) is 2.33. The first-order valence-electron chi connectivity index (χ1n) is 6.58. The molecule has 0 aliphatic rings. The monoisotopic (exact) mass is 278 g/mol. The van der Waals surface area contributed by atoms with Crippen LogP contribution in [0.3, 0.4) is 0 Å². The Bertz CT molecular complexity index is 195. The first-order valence-corrected chi connectivity index (χ1v) is 6.58. The molecule has 0 atom stereocenters. The summed E-state index contributed by atoms with van der Waals surface area (Å²) in [5.41, 5.74) is 0. The fourth-order valence-electron chi connectivity index (χ4n) is 1.35. The minimum absolute atomic E-state index is 0.122. The highest BCUT2D eigenvalue weighted by molar-refractivity contribution is 5.66. The number of carboxylic acids is 2. The highest BCUT2D eigenvalue weighted by Crippen LogP contribution is 2.08.